The fourth-order valence-corrected chi connectivity index (χ4v) is 3.19. The summed E-state index contributed by atoms with van der Waals surface area (Å²) < 4.78 is 0. The molecule has 0 aliphatic carbocycles. The molecule has 6 heteroatoms. The lowest BCUT2D eigenvalue weighted by atomic mass is 9.91. The van der Waals surface area contributed by atoms with Gasteiger partial charge in [-0.1, -0.05) is 30.3 Å². The standard InChI is InChI=1S/C18H20N4O2/c19-17(23)15-16(21-9-8-20-15)18(24)22-10-4-7-14(12-22)11-13-5-2-1-3-6-13/h1-3,5-6,8-9,14H,4,7,10-12H2,(H2,19,23). The molecule has 6 nitrogen and oxygen atoms in total. The van der Waals surface area contributed by atoms with Gasteiger partial charge in [-0.05, 0) is 30.7 Å². The van der Waals surface area contributed by atoms with Crippen molar-refractivity contribution in [3.63, 3.8) is 0 Å². The molecule has 1 aromatic heterocycles. The van der Waals surface area contributed by atoms with E-state index >= 15 is 0 Å². The number of nitrogens with two attached hydrogens (primary N) is 1. The lowest BCUT2D eigenvalue weighted by molar-refractivity contribution is 0.0662. The van der Waals surface area contributed by atoms with E-state index < -0.39 is 5.91 Å². The number of primary amides is 1. The first-order chi connectivity index (χ1) is 11.6. The monoisotopic (exact) mass is 324 g/mol. The Bertz CT molecular complexity index is 733. The molecule has 2 N–H and O–H groups in total. The highest BCUT2D eigenvalue weighted by molar-refractivity contribution is 6.03. The third-order valence-corrected chi connectivity index (χ3v) is 4.31. The van der Waals surface area contributed by atoms with E-state index in [1.807, 2.05) is 18.2 Å². The van der Waals surface area contributed by atoms with Gasteiger partial charge in [-0.25, -0.2) is 9.97 Å². The fraction of sp³-hybridized carbons (Fsp3) is 0.333. The van der Waals surface area contributed by atoms with E-state index in [1.165, 1.54) is 18.0 Å². The SMILES string of the molecule is NC(=O)c1nccnc1C(=O)N1CCCC(Cc2ccccc2)C1. The van der Waals surface area contributed by atoms with Crippen LogP contribution in [0.2, 0.25) is 0 Å². The molecule has 0 radical (unpaired) electrons. The summed E-state index contributed by atoms with van der Waals surface area (Å²) in [6.07, 6.45) is 5.74. The summed E-state index contributed by atoms with van der Waals surface area (Å²) in [6.45, 7) is 1.32. The first-order valence-electron chi connectivity index (χ1n) is 8.09. The number of likely N-dealkylation sites (tertiary alicyclic amines) is 1. The van der Waals surface area contributed by atoms with Gasteiger partial charge in [-0.15, -0.1) is 0 Å². The zero-order valence-electron chi connectivity index (χ0n) is 13.4. The zero-order chi connectivity index (χ0) is 16.9. The smallest absolute Gasteiger partial charge is 0.274 e. The summed E-state index contributed by atoms with van der Waals surface area (Å²) in [5.74, 6) is -0.599. The van der Waals surface area contributed by atoms with Gasteiger partial charge in [0.15, 0.2) is 11.4 Å². The summed E-state index contributed by atoms with van der Waals surface area (Å²) in [5, 5.41) is 0. The largest absolute Gasteiger partial charge is 0.364 e. The lowest BCUT2D eigenvalue weighted by Gasteiger charge is -2.32. The van der Waals surface area contributed by atoms with Crippen molar-refractivity contribution in [2.75, 3.05) is 13.1 Å². The molecule has 124 valence electrons. The third kappa shape index (κ3) is 3.59. The molecule has 3 rings (SSSR count). The second-order valence-electron chi connectivity index (χ2n) is 6.07. The summed E-state index contributed by atoms with van der Waals surface area (Å²) in [4.78, 5) is 33.9. The van der Waals surface area contributed by atoms with Crippen LogP contribution in [-0.4, -0.2) is 39.8 Å². The van der Waals surface area contributed by atoms with Crippen molar-refractivity contribution in [3.8, 4) is 0 Å². The molecule has 2 amide bonds. The van der Waals surface area contributed by atoms with Crippen molar-refractivity contribution in [2.24, 2.45) is 11.7 Å². The molecule has 0 bridgehead atoms. The Labute approximate surface area is 140 Å². The Balaban J connectivity index is 1.73. The van der Waals surface area contributed by atoms with Crippen molar-refractivity contribution >= 4 is 11.8 Å². The van der Waals surface area contributed by atoms with Gasteiger partial charge < -0.3 is 10.6 Å². The summed E-state index contributed by atoms with van der Waals surface area (Å²) in [7, 11) is 0. The maximum absolute atomic E-state index is 12.7. The quantitative estimate of drug-likeness (QED) is 0.926. The van der Waals surface area contributed by atoms with Gasteiger partial charge in [0.25, 0.3) is 11.8 Å². The van der Waals surface area contributed by atoms with E-state index in [-0.39, 0.29) is 17.3 Å². The van der Waals surface area contributed by atoms with Gasteiger partial charge in [-0.3, -0.25) is 9.59 Å². The predicted octanol–water partition coefficient (Wildman–Crippen LogP) is 1.67. The Kier molecular flexibility index (Phi) is 4.84. The molecule has 1 atom stereocenters. The number of amides is 2. The fourth-order valence-electron chi connectivity index (χ4n) is 3.19. The average Bonchev–Trinajstić information content (AvgIpc) is 2.62. The summed E-state index contributed by atoms with van der Waals surface area (Å²) >= 11 is 0. The van der Waals surface area contributed by atoms with Gasteiger partial charge in [0.05, 0.1) is 0 Å². The number of piperidine rings is 1. The van der Waals surface area contributed by atoms with Crippen molar-refractivity contribution in [1.29, 1.82) is 0 Å². The highest BCUT2D eigenvalue weighted by Gasteiger charge is 2.28. The van der Waals surface area contributed by atoms with Crippen LogP contribution in [0, 0.1) is 5.92 Å². The van der Waals surface area contributed by atoms with Crippen LogP contribution in [0.25, 0.3) is 0 Å². The molecular weight excluding hydrogens is 304 g/mol. The van der Waals surface area contributed by atoms with Gasteiger partial charge in [-0.2, -0.15) is 0 Å². The average molecular weight is 324 g/mol. The molecule has 1 saturated heterocycles. The van der Waals surface area contributed by atoms with Crippen LogP contribution < -0.4 is 5.73 Å². The van der Waals surface area contributed by atoms with Gasteiger partial charge in [0.2, 0.25) is 0 Å². The van der Waals surface area contributed by atoms with E-state index in [2.05, 4.69) is 22.1 Å². The number of hydrogen-bond acceptors (Lipinski definition) is 4. The second kappa shape index (κ2) is 7.21. The van der Waals surface area contributed by atoms with Crippen LogP contribution in [0.1, 0.15) is 39.4 Å². The Morgan fingerprint density at radius 1 is 1.12 bits per heavy atom. The van der Waals surface area contributed by atoms with E-state index in [1.54, 1.807) is 4.90 Å². The molecule has 1 aromatic carbocycles. The van der Waals surface area contributed by atoms with Crippen LogP contribution in [0.5, 0.6) is 0 Å². The minimum atomic E-state index is -0.732. The topological polar surface area (TPSA) is 89.2 Å². The maximum Gasteiger partial charge on any atom is 0.274 e. The van der Waals surface area contributed by atoms with Crippen LogP contribution in [-0.2, 0) is 6.42 Å². The van der Waals surface area contributed by atoms with Crippen LogP contribution in [0.15, 0.2) is 42.7 Å². The lowest BCUT2D eigenvalue weighted by Crippen LogP contribution is -2.41. The van der Waals surface area contributed by atoms with Crippen molar-refractivity contribution < 1.29 is 9.59 Å². The van der Waals surface area contributed by atoms with Crippen molar-refractivity contribution in [3.05, 3.63) is 59.7 Å². The number of nitrogens with zero attached hydrogens (tertiary/aromatic N) is 3. The van der Waals surface area contributed by atoms with Gasteiger partial charge >= 0.3 is 0 Å². The highest BCUT2D eigenvalue weighted by Crippen LogP contribution is 2.22. The number of carbonyl (C=O) groups is 2. The maximum atomic E-state index is 12.7. The molecule has 1 aliphatic rings. The van der Waals surface area contributed by atoms with Crippen molar-refractivity contribution in [2.45, 2.75) is 19.3 Å². The minimum absolute atomic E-state index is 0.0466. The molecule has 0 spiro atoms. The number of rotatable bonds is 4. The summed E-state index contributed by atoms with van der Waals surface area (Å²) in [5.41, 5.74) is 6.56. The van der Waals surface area contributed by atoms with E-state index in [0.29, 0.717) is 19.0 Å². The molecule has 24 heavy (non-hydrogen) atoms. The highest BCUT2D eigenvalue weighted by atomic mass is 16.2. The molecule has 1 aliphatic heterocycles. The Morgan fingerprint density at radius 3 is 2.54 bits per heavy atom. The van der Waals surface area contributed by atoms with E-state index in [4.69, 9.17) is 5.73 Å². The van der Waals surface area contributed by atoms with Crippen molar-refractivity contribution in [1.82, 2.24) is 14.9 Å². The molecule has 0 saturated carbocycles. The number of aromatic nitrogens is 2. The van der Waals surface area contributed by atoms with Gasteiger partial charge in [0.1, 0.15) is 0 Å². The molecular formula is C18H20N4O2. The zero-order valence-corrected chi connectivity index (χ0v) is 13.4. The number of carbonyl (C=O) groups excluding carboxylic acids is 2. The normalized spacial score (nSPS) is 17.5. The molecule has 2 aromatic rings. The molecule has 2 heterocycles. The first kappa shape index (κ1) is 16.1. The Hall–Kier alpha value is -2.76. The molecule has 1 unspecified atom stereocenters. The van der Waals surface area contributed by atoms with Gasteiger partial charge in [0, 0.05) is 25.5 Å². The van der Waals surface area contributed by atoms with Crippen LogP contribution in [0.3, 0.4) is 0 Å². The second-order valence-corrected chi connectivity index (χ2v) is 6.07. The summed E-state index contributed by atoms with van der Waals surface area (Å²) in [6, 6.07) is 10.3. The van der Waals surface area contributed by atoms with Crippen LogP contribution >= 0.6 is 0 Å². The Morgan fingerprint density at radius 2 is 1.83 bits per heavy atom. The van der Waals surface area contributed by atoms with E-state index in [0.717, 1.165) is 19.3 Å². The first-order valence-corrected chi connectivity index (χ1v) is 8.09. The third-order valence-electron chi connectivity index (χ3n) is 4.31. The molecule has 1 fully saturated rings. The minimum Gasteiger partial charge on any atom is -0.364 e. The van der Waals surface area contributed by atoms with E-state index in [9.17, 15) is 9.59 Å². The van der Waals surface area contributed by atoms with Crippen LogP contribution in [0.4, 0.5) is 0 Å². The predicted molar refractivity (Wildman–Crippen MR) is 89.3 cm³/mol. The number of benzene rings is 1. The number of hydrogen-bond donors (Lipinski definition) is 1.